The van der Waals surface area contributed by atoms with Gasteiger partial charge in [-0.25, -0.2) is 5.01 Å². The van der Waals surface area contributed by atoms with E-state index >= 15 is 0 Å². The number of hydrogen-bond donors (Lipinski definition) is 1. The van der Waals surface area contributed by atoms with Crippen LogP contribution >= 0.6 is 0 Å². The Balaban J connectivity index is 2.18. The van der Waals surface area contributed by atoms with Crippen molar-refractivity contribution in [1.29, 1.82) is 0 Å². The average molecular weight is 85.1 g/mol. The summed E-state index contributed by atoms with van der Waals surface area (Å²) in [6.07, 6.45) is 2.19. The van der Waals surface area contributed by atoms with Crippen LogP contribution in [0.3, 0.4) is 0 Å². The third kappa shape index (κ3) is 0.698. The molecule has 1 aliphatic rings. The van der Waals surface area contributed by atoms with Gasteiger partial charge in [-0.15, -0.1) is 0 Å². The molecule has 0 aromatic heterocycles. The fraction of sp³-hybridized carbons (Fsp3) is 0.750. The summed E-state index contributed by atoms with van der Waals surface area (Å²) in [7, 11) is 2.03. The lowest BCUT2D eigenvalue weighted by Crippen LogP contribution is -2.25. The molecule has 35 valence electrons. The minimum Gasteiger partial charge on any atom is -0.255 e. The fourth-order valence-corrected chi connectivity index (χ4v) is 0.543. The summed E-state index contributed by atoms with van der Waals surface area (Å²) in [6.45, 7) is 2.12. The number of hydrogen-bond acceptors (Lipinski definition) is 2. The normalized spacial score (nSPS) is 25.5. The number of nitrogens with zero attached hydrogens (tertiary/aromatic N) is 1. The Bertz CT molecular complexity index is 38.8. The monoisotopic (exact) mass is 85.1 g/mol. The lowest BCUT2D eigenvalue weighted by Gasteiger charge is -2.02. The van der Waals surface area contributed by atoms with Crippen molar-refractivity contribution in [3.05, 3.63) is 6.42 Å². The average Bonchev–Trinajstić information content (AvgIpc) is 1.86. The molecule has 1 N–H and O–H groups in total. The number of nitrogens with one attached hydrogen (secondary N) is 1. The van der Waals surface area contributed by atoms with Gasteiger partial charge >= 0.3 is 0 Å². The largest absolute Gasteiger partial charge is 0.255 e. The summed E-state index contributed by atoms with van der Waals surface area (Å²) in [5.41, 5.74) is 3.10. The van der Waals surface area contributed by atoms with E-state index in [0.29, 0.717) is 0 Å². The highest BCUT2D eigenvalue weighted by atomic mass is 15.5. The zero-order chi connectivity index (χ0) is 4.41. The van der Waals surface area contributed by atoms with Gasteiger partial charge in [0.1, 0.15) is 0 Å². The topological polar surface area (TPSA) is 15.3 Å². The van der Waals surface area contributed by atoms with Gasteiger partial charge in [-0.1, -0.05) is 0 Å². The van der Waals surface area contributed by atoms with E-state index in [1.165, 1.54) is 0 Å². The third-order valence-corrected chi connectivity index (χ3v) is 0.909. The third-order valence-electron chi connectivity index (χ3n) is 0.909. The molecule has 0 saturated carbocycles. The lowest BCUT2D eigenvalue weighted by molar-refractivity contribution is 0.318. The lowest BCUT2D eigenvalue weighted by atomic mass is 10.5. The minimum atomic E-state index is 1.04. The van der Waals surface area contributed by atoms with Crippen molar-refractivity contribution in [1.82, 2.24) is 10.4 Å². The number of hydrazine groups is 1. The molecule has 1 rings (SSSR count). The van der Waals surface area contributed by atoms with Gasteiger partial charge < -0.3 is 0 Å². The summed E-state index contributed by atoms with van der Waals surface area (Å²) in [5.74, 6) is 0. The van der Waals surface area contributed by atoms with Crippen molar-refractivity contribution in [3.8, 4) is 0 Å². The van der Waals surface area contributed by atoms with Crippen molar-refractivity contribution in [3.63, 3.8) is 0 Å². The molecule has 0 spiro atoms. The first-order valence-corrected chi connectivity index (χ1v) is 2.16. The first-order chi connectivity index (χ1) is 2.89. The van der Waals surface area contributed by atoms with Crippen molar-refractivity contribution in [2.45, 2.75) is 0 Å². The maximum Gasteiger partial charge on any atom is 0.0172 e. The zero-order valence-corrected chi connectivity index (χ0v) is 3.94. The van der Waals surface area contributed by atoms with Gasteiger partial charge in [0.05, 0.1) is 0 Å². The maximum atomic E-state index is 3.10. The Morgan fingerprint density at radius 1 is 1.83 bits per heavy atom. The van der Waals surface area contributed by atoms with E-state index in [2.05, 4.69) is 16.9 Å². The van der Waals surface area contributed by atoms with Gasteiger partial charge in [0.2, 0.25) is 0 Å². The summed E-state index contributed by atoms with van der Waals surface area (Å²) in [4.78, 5) is 0. The molecular weight excluding hydrogens is 76.1 g/mol. The molecule has 1 aliphatic heterocycles. The Labute approximate surface area is 38.1 Å². The van der Waals surface area contributed by atoms with Crippen LogP contribution in [0.1, 0.15) is 0 Å². The fourth-order valence-electron chi connectivity index (χ4n) is 0.543. The molecular formula is C4H9N2. The Hall–Kier alpha value is -0.0800. The molecule has 6 heavy (non-hydrogen) atoms. The molecule has 2 nitrogen and oxygen atoms in total. The minimum absolute atomic E-state index is 1.04. The van der Waals surface area contributed by atoms with Gasteiger partial charge in [-0.3, -0.25) is 5.43 Å². The van der Waals surface area contributed by atoms with Crippen LogP contribution < -0.4 is 5.43 Å². The number of rotatable bonds is 0. The highest BCUT2D eigenvalue weighted by molar-refractivity contribution is 4.75. The summed E-state index contributed by atoms with van der Waals surface area (Å²) >= 11 is 0. The summed E-state index contributed by atoms with van der Waals surface area (Å²) < 4.78 is 0. The van der Waals surface area contributed by atoms with E-state index in [1.807, 2.05) is 7.05 Å². The summed E-state index contributed by atoms with van der Waals surface area (Å²) in [5, 5.41) is 2.06. The predicted molar refractivity (Wildman–Crippen MR) is 24.9 cm³/mol. The molecule has 2 heteroatoms. The van der Waals surface area contributed by atoms with Gasteiger partial charge in [-0.2, -0.15) is 0 Å². The molecule has 1 saturated heterocycles. The van der Waals surface area contributed by atoms with Crippen molar-refractivity contribution in [2.75, 3.05) is 20.1 Å². The second-order valence-electron chi connectivity index (χ2n) is 1.53. The van der Waals surface area contributed by atoms with E-state index in [9.17, 15) is 0 Å². The second-order valence-corrected chi connectivity index (χ2v) is 1.53. The molecule has 0 amide bonds. The first kappa shape index (κ1) is 4.09. The van der Waals surface area contributed by atoms with Gasteiger partial charge in [0, 0.05) is 20.1 Å². The smallest absolute Gasteiger partial charge is 0.0172 e. The quantitative estimate of drug-likeness (QED) is 0.432. The van der Waals surface area contributed by atoms with Crippen molar-refractivity contribution < 1.29 is 0 Å². The van der Waals surface area contributed by atoms with Crippen LogP contribution in [-0.2, 0) is 0 Å². The van der Waals surface area contributed by atoms with E-state index in [1.54, 1.807) is 0 Å². The molecule has 0 aliphatic carbocycles. The van der Waals surface area contributed by atoms with Crippen LogP contribution in [0, 0.1) is 6.42 Å². The van der Waals surface area contributed by atoms with E-state index in [-0.39, 0.29) is 0 Å². The highest BCUT2D eigenvalue weighted by Gasteiger charge is 2.02. The van der Waals surface area contributed by atoms with E-state index < -0.39 is 0 Å². The highest BCUT2D eigenvalue weighted by Crippen LogP contribution is 1.86. The van der Waals surface area contributed by atoms with Crippen molar-refractivity contribution >= 4 is 0 Å². The van der Waals surface area contributed by atoms with Gasteiger partial charge in [-0.05, 0) is 6.42 Å². The van der Waals surface area contributed by atoms with Crippen LogP contribution in [0.4, 0.5) is 0 Å². The molecule has 0 atom stereocenters. The Morgan fingerprint density at radius 2 is 2.67 bits per heavy atom. The zero-order valence-electron chi connectivity index (χ0n) is 3.94. The van der Waals surface area contributed by atoms with Crippen LogP contribution in [-0.4, -0.2) is 25.1 Å². The van der Waals surface area contributed by atoms with Gasteiger partial charge in [0.15, 0.2) is 0 Å². The van der Waals surface area contributed by atoms with Crippen LogP contribution in [0.2, 0.25) is 0 Å². The van der Waals surface area contributed by atoms with E-state index in [0.717, 1.165) is 13.1 Å². The maximum absolute atomic E-state index is 3.10. The molecule has 0 unspecified atom stereocenters. The summed E-state index contributed by atoms with van der Waals surface area (Å²) in [6, 6.07) is 0. The second kappa shape index (κ2) is 1.58. The predicted octanol–water partition coefficient (Wildman–Crippen LogP) is -0.359. The first-order valence-electron chi connectivity index (χ1n) is 2.16. The molecule has 1 heterocycles. The molecule has 0 bridgehead atoms. The standard InChI is InChI=1S/C4H9N2/c1-6-4-2-3-5-6/h2,5H,3-4H2,1H3. The van der Waals surface area contributed by atoms with E-state index in [4.69, 9.17) is 0 Å². The van der Waals surface area contributed by atoms with Crippen LogP contribution in [0.5, 0.6) is 0 Å². The molecule has 0 aromatic rings. The molecule has 1 radical (unpaired) electrons. The molecule has 0 aromatic carbocycles. The Morgan fingerprint density at radius 3 is 2.83 bits per heavy atom. The Kier molecular flexibility index (Phi) is 1.08. The van der Waals surface area contributed by atoms with Gasteiger partial charge in [0.25, 0.3) is 0 Å². The van der Waals surface area contributed by atoms with Crippen LogP contribution in [0.15, 0.2) is 0 Å². The molecule has 1 fully saturated rings. The van der Waals surface area contributed by atoms with Crippen LogP contribution in [0.25, 0.3) is 0 Å². The van der Waals surface area contributed by atoms with Crippen molar-refractivity contribution in [2.24, 2.45) is 0 Å². The SMILES string of the molecule is CN1C[CH]CN1.